The van der Waals surface area contributed by atoms with Crippen LogP contribution < -0.4 is 10.1 Å². The topological polar surface area (TPSA) is 21.3 Å². The number of ether oxygens (including phenoxy) is 1. The summed E-state index contributed by atoms with van der Waals surface area (Å²) in [6.45, 7) is 2.38. The number of rotatable bonds is 2. The van der Waals surface area contributed by atoms with E-state index in [-0.39, 0.29) is 0 Å². The highest BCUT2D eigenvalue weighted by Gasteiger charge is 2.34. The normalized spacial score (nSPS) is 34.4. The molecular weight excluding hydrogens is 234 g/mol. The molecule has 1 aromatic rings. The largest absolute Gasteiger partial charge is 0.490 e. The molecule has 0 saturated heterocycles. The van der Waals surface area contributed by atoms with Gasteiger partial charge in [0.1, 0.15) is 11.9 Å². The van der Waals surface area contributed by atoms with Gasteiger partial charge in [0.15, 0.2) is 0 Å². The average molecular weight is 259 g/mol. The molecule has 0 spiro atoms. The Hall–Kier alpha value is -1.02. The van der Waals surface area contributed by atoms with Crippen molar-refractivity contribution in [2.45, 2.75) is 51.2 Å². The van der Waals surface area contributed by atoms with Gasteiger partial charge in [0.2, 0.25) is 0 Å². The lowest BCUT2D eigenvalue weighted by Crippen LogP contribution is -2.37. The number of fused-ring (bicyclic) bond motifs is 1. The van der Waals surface area contributed by atoms with E-state index in [0.717, 1.165) is 24.0 Å². The highest BCUT2D eigenvalue weighted by atomic mass is 16.5. The van der Waals surface area contributed by atoms with Crippen LogP contribution in [-0.4, -0.2) is 13.2 Å². The van der Waals surface area contributed by atoms with Crippen LogP contribution in [0.25, 0.3) is 0 Å². The van der Waals surface area contributed by atoms with E-state index >= 15 is 0 Å². The van der Waals surface area contributed by atoms with E-state index in [2.05, 4.69) is 43.6 Å². The Morgan fingerprint density at radius 1 is 1.11 bits per heavy atom. The smallest absolute Gasteiger partial charge is 0.124 e. The zero-order valence-electron chi connectivity index (χ0n) is 12.1. The van der Waals surface area contributed by atoms with Gasteiger partial charge in [-0.25, -0.2) is 0 Å². The van der Waals surface area contributed by atoms with Gasteiger partial charge in [-0.15, -0.1) is 0 Å². The Labute approximate surface area is 116 Å². The number of hydrogen-bond donors (Lipinski definition) is 1. The molecule has 104 valence electrons. The Morgan fingerprint density at radius 3 is 2.58 bits per heavy atom. The minimum absolute atomic E-state index is 0.403. The Morgan fingerprint density at radius 2 is 1.84 bits per heavy atom. The molecule has 19 heavy (non-hydrogen) atoms. The van der Waals surface area contributed by atoms with Gasteiger partial charge >= 0.3 is 0 Å². The molecule has 1 N–H and O–H groups in total. The first-order valence-electron chi connectivity index (χ1n) is 7.70. The van der Waals surface area contributed by atoms with Crippen LogP contribution in [0.5, 0.6) is 5.75 Å². The number of nitrogens with one attached hydrogen (secondary N) is 1. The van der Waals surface area contributed by atoms with E-state index in [0.29, 0.717) is 12.1 Å². The Bertz CT molecular complexity index is 423. The standard InChI is InChI=1S/C17H25NO/c1-12-7-9-13(10-8-12)17-11-15(18-2)14-5-3-4-6-16(14)19-17/h3-6,12-13,15,17-18H,7-11H2,1-2H3. The molecule has 1 fully saturated rings. The average Bonchev–Trinajstić information content (AvgIpc) is 2.47. The van der Waals surface area contributed by atoms with E-state index in [1.807, 2.05) is 0 Å². The third-order valence-electron chi connectivity index (χ3n) is 4.98. The van der Waals surface area contributed by atoms with Gasteiger partial charge in [-0.3, -0.25) is 0 Å². The summed E-state index contributed by atoms with van der Waals surface area (Å²) >= 11 is 0. The van der Waals surface area contributed by atoms with Crippen LogP contribution in [0.3, 0.4) is 0 Å². The van der Waals surface area contributed by atoms with Gasteiger partial charge in [0.05, 0.1) is 0 Å². The highest BCUT2D eigenvalue weighted by molar-refractivity contribution is 5.38. The van der Waals surface area contributed by atoms with Gasteiger partial charge < -0.3 is 10.1 Å². The molecule has 1 aliphatic heterocycles. The zero-order valence-corrected chi connectivity index (χ0v) is 12.1. The van der Waals surface area contributed by atoms with Crippen molar-refractivity contribution in [3.63, 3.8) is 0 Å². The number of benzene rings is 1. The summed E-state index contributed by atoms with van der Waals surface area (Å²) in [4.78, 5) is 0. The molecule has 1 saturated carbocycles. The molecule has 1 aromatic carbocycles. The highest BCUT2D eigenvalue weighted by Crippen LogP contribution is 2.40. The second-order valence-electron chi connectivity index (χ2n) is 6.29. The maximum absolute atomic E-state index is 6.30. The molecular formula is C17H25NO. The van der Waals surface area contributed by atoms with Crippen LogP contribution in [-0.2, 0) is 0 Å². The van der Waals surface area contributed by atoms with Crippen molar-refractivity contribution in [1.29, 1.82) is 0 Å². The lowest BCUT2D eigenvalue weighted by Gasteiger charge is -2.38. The predicted molar refractivity (Wildman–Crippen MR) is 78.4 cm³/mol. The summed E-state index contributed by atoms with van der Waals surface area (Å²) < 4.78 is 6.30. The van der Waals surface area contributed by atoms with Gasteiger partial charge in [-0.2, -0.15) is 0 Å². The molecule has 2 atom stereocenters. The Balaban J connectivity index is 1.76. The summed E-state index contributed by atoms with van der Waals surface area (Å²) in [6.07, 6.45) is 6.94. The molecule has 2 heteroatoms. The molecule has 0 amide bonds. The van der Waals surface area contributed by atoms with Crippen molar-refractivity contribution in [2.24, 2.45) is 11.8 Å². The van der Waals surface area contributed by atoms with E-state index in [1.54, 1.807) is 0 Å². The lowest BCUT2D eigenvalue weighted by atomic mass is 9.77. The monoisotopic (exact) mass is 259 g/mol. The van der Waals surface area contributed by atoms with E-state index in [1.165, 1.54) is 31.2 Å². The fourth-order valence-electron chi connectivity index (χ4n) is 3.67. The Kier molecular flexibility index (Phi) is 3.79. The molecule has 0 bridgehead atoms. The molecule has 1 aliphatic carbocycles. The lowest BCUT2D eigenvalue weighted by molar-refractivity contribution is 0.0663. The van der Waals surface area contributed by atoms with Gasteiger partial charge in [-0.05, 0) is 37.8 Å². The molecule has 3 rings (SSSR count). The van der Waals surface area contributed by atoms with Crippen LogP contribution in [0.1, 0.15) is 50.6 Å². The van der Waals surface area contributed by atoms with Crippen molar-refractivity contribution in [3.05, 3.63) is 29.8 Å². The number of para-hydroxylation sites is 1. The maximum atomic E-state index is 6.30. The van der Waals surface area contributed by atoms with Crippen LogP contribution in [0.2, 0.25) is 0 Å². The summed E-state index contributed by atoms with van der Waals surface area (Å²) in [6, 6.07) is 8.95. The van der Waals surface area contributed by atoms with Crippen LogP contribution >= 0.6 is 0 Å². The molecule has 1 heterocycles. The predicted octanol–water partition coefficient (Wildman–Crippen LogP) is 3.92. The minimum atomic E-state index is 0.403. The molecule has 2 aliphatic rings. The SMILES string of the molecule is CNC1CC(C2CCC(C)CC2)Oc2ccccc21. The van der Waals surface area contributed by atoms with Crippen LogP contribution in [0.15, 0.2) is 24.3 Å². The second kappa shape index (κ2) is 5.54. The quantitative estimate of drug-likeness (QED) is 0.869. The van der Waals surface area contributed by atoms with Gasteiger partial charge in [0, 0.05) is 18.0 Å². The molecule has 2 nitrogen and oxygen atoms in total. The molecule has 0 radical (unpaired) electrons. The fourth-order valence-corrected chi connectivity index (χ4v) is 3.67. The summed E-state index contributed by atoms with van der Waals surface area (Å²) in [5.74, 6) is 2.75. The van der Waals surface area contributed by atoms with E-state index < -0.39 is 0 Å². The third-order valence-corrected chi connectivity index (χ3v) is 4.98. The zero-order chi connectivity index (χ0) is 13.2. The van der Waals surface area contributed by atoms with Crippen molar-refractivity contribution in [1.82, 2.24) is 5.32 Å². The summed E-state index contributed by atoms with van der Waals surface area (Å²) in [7, 11) is 2.06. The second-order valence-corrected chi connectivity index (χ2v) is 6.29. The maximum Gasteiger partial charge on any atom is 0.124 e. The van der Waals surface area contributed by atoms with Crippen molar-refractivity contribution in [2.75, 3.05) is 7.05 Å². The van der Waals surface area contributed by atoms with E-state index in [9.17, 15) is 0 Å². The third kappa shape index (κ3) is 2.64. The minimum Gasteiger partial charge on any atom is -0.490 e. The summed E-state index contributed by atoms with van der Waals surface area (Å²) in [5.41, 5.74) is 1.32. The van der Waals surface area contributed by atoms with Crippen molar-refractivity contribution in [3.8, 4) is 5.75 Å². The van der Waals surface area contributed by atoms with E-state index in [4.69, 9.17) is 4.74 Å². The molecule has 0 aromatic heterocycles. The van der Waals surface area contributed by atoms with Crippen molar-refractivity contribution >= 4 is 0 Å². The van der Waals surface area contributed by atoms with Gasteiger partial charge in [-0.1, -0.05) is 38.0 Å². The first-order chi connectivity index (χ1) is 9.28. The molecule has 2 unspecified atom stereocenters. The van der Waals surface area contributed by atoms with Gasteiger partial charge in [0.25, 0.3) is 0 Å². The first-order valence-corrected chi connectivity index (χ1v) is 7.70. The van der Waals surface area contributed by atoms with Crippen LogP contribution in [0.4, 0.5) is 0 Å². The number of hydrogen-bond acceptors (Lipinski definition) is 2. The fraction of sp³-hybridized carbons (Fsp3) is 0.647. The summed E-state index contributed by atoms with van der Waals surface area (Å²) in [5, 5.41) is 3.46. The van der Waals surface area contributed by atoms with Crippen molar-refractivity contribution < 1.29 is 4.74 Å². The first kappa shape index (κ1) is 13.0. The van der Waals surface area contributed by atoms with Crippen LogP contribution in [0, 0.1) is 11.8 Å².